The van der Waals surface area contributed by atoms with E-state index in [0.717, 1.165) is 18.7 Å². The molecule has 0 aliphatic carbocycles. The summed E-state index contributed by atoms with van der Waals surface area (Å²) >= 11 is 0. The monoisotopic (exact) mass is 237 g/mol. The van der Waals surface area contributed by atoms with Gasteiger partial charge < -0.3 is 4.90 Å². The van der Waals surface area contributed by atoms with Crippen molar-refractivity contribution in [2.75, 3.05) is 20.1 Å². The molecule has 0 aliphatic heterocycles. The summed E-state index contributed by atoms with van der Waals surface area (Å²) in [5.74, 6) is -0.183. The number of likely N-dealkylation sites (N-methyl/N-ethyl adjacent to an activating group) is 1. The molecule has 1 nitrogen and oxygen atoms in total. The topological polar surface area (TPSA) is 3.24 Å². The third-order valence-corrected chi connectivity index (χ3v) is 2.55. The van der Waals surface area contributed by atoms with Gasteiger partial charge in [-0.1, -0.05) is 39.0 Å². The molecule has 0 N–H and O–H groups in total. The van der Waals surface area contributed by atoms with Crippen molar-refractivity contribution < 1.29 is 4.39 Å². The van der Waals surface area contributed by atoms with Gasteiger partial charge in [0.05, 0.1) is 0 Å². The van der Waals surface area contributed by atoms with Gasteiger partial charge in [-0.15, -0.1) is 0 Å². The molecule has 0 fully saturated rings. The van der Waals surface area contributed by atoms with Gasteiger partial charge in [-0.2, -0.15) is 0 Å². The van der Waals surface area contributed by atoms with Crippen molar-refractivity contribution >= 4 is 5.57 Å². The van der Waals surface area contributed by atoms with Crippen molar-refractivity contribution in [1.29, 1.82) is 0 Å². The molecule has 0 radical (unpaired) electrons. The highest BCUT2D eigenvalue weighted by Gasteiger charge is 1.97. The Morgan fingerprint density at radius 2 is 1.76 bits per heavy atom. The van der Waals surface area contributed by atoms with Gasteiger partial charge in [0.1, 0.15) is 5.82 Å². The Kier molecular flexibility index (Phi) is 8.34. The van der Waals surface area contributed by atoms with Gasteiger partial charge in [-0.05, 0) is 43.8 Å². The molecule has 2 heteroatoms. The number of nitrogens with zero attached hydrogens (tertiary/aromatic N) is 1. The third-order valence-electron chi connectivity index (χ3n) is 2.55. The molecule has 0 amide bonds. The average Bonchev–Trinajstić information content (AvgIpc) is 2.38. The summed E-state index contributed by atoms with van der Waals surface area (Å²) in [6.07, 6.45) is 2.16. The molecular formula is C15H24FN. The molecule has 0 aromatic heterocycles. The Labute approximate surface area is 105 Å². The van der Waals surface area contributed by atoms with Crippen LogP contribution in [0.15, 0.2) is 30.3 Å². The van der Waals surface area contributed by atoms with Crippen LogP contribution >= 0.6 is 0 Å². The number of rotatable bonds is 4. The van der Waals surface area contributed by atoms with E-state index in [9.17, 15) is 4.39 Å². The fourth-order valence-electron chi connectivity index (χ4n) is 1.25. The standard InChI is InChI=1S/C13H18FN.C2H6/c1-4-15(3)10-9-11(2)12-5-7-13(14)8-6-12;1-2/h5-9H,4,10H2,1-3H3;1-2H3/b11-9+;. The van der Waals surface area contributed by atoms with Crippen LogP contribution in [-0.4, -0.2) is 25.0 Å². The number of hydrogen-bond acceptors (Lipinski definition) is 1. The summed E-state index contributed by atoms with van der Waals surface area (Å²) in [6, 6.07) is 6.62. The Balaban J connectivity index is 0.00000121. The van der Waals surface area contributed by atoms with Crippen LogP contribution in [0.25, 0.3) is 5.57 Å². The van der Waals surface area contributed by atoms with Crippen molar-refractivity contribution in [3.8, 4) is 0 Å². The SMILES string of the molecule is CC.CCN(C)C/C=C(\C)c1ccc(F)cc1. The average molecular weight is 237 g/mol. The molecule has 0 saturated carbocycles. The minimum atomic E-state index is -0.183. The Morgan fingerprint density at radius 3 is 2.24 bits per heavy atom. The van der Waals surface area contributed by atoms with Gasteiger partial charge in [0, 0.05) is 6.54 Å². The molecule has 1 rings (SSSR count). The maximum Gasteiger partial charge on any atom is 0.123 e. The van der Waals surface area contributed by atoms with Gasteiger partial charge >= 0.3 is 0 Å². The molecule has 1 aromatic carbocycles. The first-order chi connectivity index (χ1) is 8.13. The highest BCUT2D eigenvalue weighted by atomic mass is 19.1. The second-order valence-electron chi connectivity index (χ2n) is 3.75. The van der Waals surface area contributed by atoms with E-state index in [1.165, 1.54) is 17.7 Å². The minimum absolute atomic E-state index is 0.183. The van der Waals surface area contributed by atoms with Gasteiger partial charge in [-0.25, -0.2) is 4.39 Å². The zero-order valence-corrected chi connectivity index (χ0v) is 11.6. The molecule has 0 unspecified atom stereocenters. The second kappa shape index (κ2) is 8.94. The second-order valence-corrected chi connectivity index (χ2v) is 3.75. The summed E-state index contributed by atoms with van der Waals surface area (Å²) in [5, 5.41) is 0. The lowest BCUT2D eigenvalue weighted by atomic mass is 10.1. The highest BCUT2D eigenvalue weighted by Crippen LogP contribution is 2.13. The summed E-state index contributed by atoms with van der Waals surface area (Å²) in [4.78, 5) is 2.22. The molecule has 0 aliphatic rings. The van der Waals surface area contributed by atoms with Gasteiger partial charge in [0.25, 0.3) is 0 Å². The van der Waals surface area contributed by atoms with Crippen molar-refractivity contribution in [2.24, 2.45) is 0 Å². The molecule has 0 bridgehead atoms. The van der Waals surface area contributed by atoms with E-state index in [-0.39, 0.29) is 5.82 Å². The van der Waals surface area contributed by atoms with Crippen LogP contribution in [0.5, 0.6) is 0 Å². The Hall–Kier alpha value is -1.15. The van der Waals surface area contributed by atoms with Crippen LogP contribution in [0.3, 0.4) is 0 Å². The fourth-order valence-corrected chi connectivity index (χ4v) is 1.25. The van der Waals surface area contributed by atoms with Crippen molar-refractivity contribution in [3.05, 3.63) is 41.7 Å². The zero-order valence-electron chi connectivity index (χ0n) is 11.6. The number of halogens is 1. The number of hydrogen-bond donors (Lipinski definition) is 0. The maximum atomic E-state index is 12.7. The first kappa shape index (κ1) is 15.9. The molecule has 0 spiro atoms. The minimum Gasteiger partial charge on any atom is -0.303 e. The molecule has 96 valence electrons. The molecule has 0 saturated heterocycles. The van der Waals surface area contributed by atoms with Gasteiger partial charge in [-0.3, -0.25) is 0 Å². The van der Waals surface area contributed by atoms with E-state index in [2.05, 4.69) is 31.9 Å². The predicted molar refractivity (Wildman–Crippen MR) is 74.6 cm³/mol. The number of benzene rings is 1. The summed E-state index contributed by atoms with van der Waals surface area (Å²) in [5.41, 5.74) is 2.27. The van der Waals surface area contributed by atoms with E-state index >= 15 is 0 Å². The van der Waals surface area contributed by atoms with E-state index in [1.54, 1.807) is 0 Å². The first-order valence-electron chi connectivity index (χ1n) is 6.24. The highest BCUT2D eigenvalue weighted by molar-refractivity contribution is 5.63. The summed E-state index contributed by atoms with van der Waals surface area (Å²) in [6.45, 7) is 10.1. The van der Waals surface area contributed by atoms with Crippen LogP contribution in [0.2, 0.25) is 0 Å². The Bertz CT molecular complexity index is 327. The smallest absolute Gasteiger partial charge is 0.123 e. The fraction of sp³-hybridized carbons (Fsp3) is 0.467. The zero-order chi connectivity index (χ0) is 13.3. The lowest BCUT2D eigenvalue weighted by molar-refractivity contribution is 0.392. The maximum absolute atomic E-state index is 12.7. The van der Waals surface area contributed by atoms with Crippen LogP contribution in [0, 0.1) is 5.82 Å². The number of allylic oxidation sites excluding steroid dienone is 1. The third kappa shape index (κ3) is 6.22. The largest absolute Gasteiger partial charge is 0.303 e. The van der Waals surface area contributed by atoms with Crippen molar-refractivity contribution in [3.63, 3.8) is 0 Å². The Morgan fingerprint density at radius 1 is 1.24 bits per heavy atom. The predicted octanol–water partition coefficient (Wildman–Crippen LogP) is 4.21. The quantitative estimate of drug-likeness (QED) is 0.758. The van der Waals surface area contributed by atoms with E-state index < -0.39 is 0 Å². The lowest BCUT2D eigenvalue weighted by Gasteiger charge is -2.11. The van der Waals surface area contributed by atoms with E-state index in [0.29, 0.717) is 0 Å². The van der Waals surface area contributed by atoms with Crippen LogP contribution in [0.1, 0.15) is 33.3 Å². The van der Waals surface area contributed by atoms with Gasteiger partial charge in [0.2, 0.25) is 0 Å². The molecule has 17 heavy (non-hydrogen) atoms. The van der Waals surface area contributed by atoms with Crippen LogP contribution in [-0.2, 0) is 0 Å². The molecular weight excluding hydrogens is 213 g/mol. The molecule has 0 atom stereocenters. The van der Waals surface area contributed by atoms with Crippen molar-refractivity contribution in [1.82, 2.24) is 4.90 Å². The normalized spacial score (nSPS) is 11.1. The molecule has 1 aromatic rings. The van der Waals surface area contributed by atoms with Crippen LogP contribution in [0.4, 0.5) is 4.39 Å². The van der Waals surface area contributed by atoms with E-state index in [4.69, 9.17) is 0 Å². The summed E-state index contributed by atoms with van der Waals surface area (Å²) in [7, 11) is 2.08. The first-order valence-corrected chi connectivity index (χ1v) is 6.24. The van der Waals surface area contributed by atoms with Crippen LogP contribution < -0.4 is 0 Å². The van der Waals surface area contributed by atoms with Gasteiger partial charge in [0.15, 0.2) is 0 Å². The van der Waals surface area contributed by atoms with E-state index in [1.807, 2.05) is 26.0 Å². The molecule has 0 heterocycles. The summed E-state index contributed by atoms with van der Waals surface area (Å²) < 4.78 is 12.7. The lowest BCUT2D eigenvalue weighted by Crippen LogP contribution is -2.17. The van der Waals surface area contributed by atoms with Crippen molar-refractivity contribution in [2.45, 2.75) is 27.7 Å².